The van der Waals surface area contributed by atoms with Gasteiger partial charge in [0, 0.05) is 11.7 Å². The highest BCUT2D eigenvalue weighted by atomic mass is 32.2. The monoisotopic (exact) mass is 569 g/mol. The van der Waals surface area contributed by atoms with Crippen molar-refractivity contribution in [3.63, 3.8) is 0 Å². The van der Waals surface area contributed by atoms with E-state index in [9.17, 15) is 14.4 Å². The largest absolute Gasteiger partial charge is 0.497 e. The molecule has 2 aromatic carbocycles. The molecular weight excluding hydrogens is 526 g/mol. The highest BCUT2D eigenvalue weighted by molar-refractivity contribution is 7.98. The third kappa shape index (κ3) is 9.62. The fraction of sp³-hybridized carbons (Fsp3) is 0.452. The first-order valence-electron chi connectivity index (χ1n) is 13.4. The van der Waals surface area contributed by atoms with Gasteiger partial charge in [0.05, 0.1) is 7.11 Å². The van der Waals surface area contributed by atoms with Gasteiger partial charge in [-0.1, -0.05) is 37.8 Å². The summed E-state index contributed by atoms with van der Waals surface area (Å²) in [6, 6.07) is 12.2. The predicted octanol–water partition coefficient (Wildman–Crippen LogP) is 6.29. The maximum absolute atomic E-state index is 14.3. The number of nitrogens with one attached hydrogen (secondary N) is 2. The van der Waals surface area contributed by atoms with Gasteiger partial charge in [0.2, 0.25) is 5.91 Å². The van der Waals surface area contributed by atoms with Crippen molar-refractivity contribution < 1.29 is 23.9 Å². The molecule has 8 nitrogen and oxygen atoms in total. The summed E-state index contributed by atoms with van der Waals surface area (Å²) in [5, 5.41) is 5.74. The first kappa shape index (κ1) is 32.8. The maximum Gasteiger partial charge on any atom is 0.408 e. The number of rotatable bonds is 13. The molecule has 218 valence electrons. The maximum atomic E-state index is 14.3. The lowest BCUT2D eigenvalue weighted by Crippen LogP contribution is -2.55. The molecule has 3 amide bonds. The number of amides is 3. The third-order valence-corrected chi connectivity index (χ3v) is 6.91. The minimum absolute atomic E-state index is 0.316. The van der Waals surface area contributed by atoms with E-state index in [0.29, 0.717) is 35.6 Å². The predicted molar refractivity (Wildman–Crippen MR) is 164 cm³/mol. The zero-order valence-corrected chi connectivity index (χ0v) is 25.5. The highest BCUT2D eigenvalue weighted by Gasteiger charge is 2.38. The molecule has 0 spiro atoms. The van der Waals surface area contributed by atoms with Crippen LogP contribution in [0.15, 0.2) is 55.1 Å². The summed E-state index contributed by atoms with van der Waals surface area (Å²) in [7, 11) is 1.57. The van der Waals surface area contributed by atoms with E-state index in [-0.39, 0.29) is 17.9 Å². The molecule has 0 saturated heterocycles. The van der Waals surface area contributed by atoms with Crippen LogP contribution in [-0.2, 0) is 14.3 Å². The SMILES string of the molecule is C=Cc1cccc(C(C(=O)Nc2ccc(OC)cc2)N(C(=O)C(CCSC)NC(=O)OC(C)(C)C)C(C)CC)c1. The second-order valence-electron chi connectivity index (χ2n) is 10.5. The number of thioether (sulfide) groups is 1. The van der Waals surface area contributed by atoms with Crippen molar-refractivity contribution in [2.75, 3.05) is 24.4 Å². The molecule has 2 N–H and O–H groups in total. The number of benzene rings is 2. The second-order valence-corrected chi connectivity index (χ2v) is 11.5. The molecular formula is C31H43N3O5S. The molecule has 0 heterocycles. The summed E-state index contributed by atoms with van der Waals surface area (Å²) >= 11 is 1.57. The first-order chi connectivity index (χ1) is 18.9. The number of ether oxygens (including phenoxy) is 2. The van der Waals surface area contributed by atoms with E-state index in [0.717, 1.165) is 5.56 Å². The van der Waals surface area contributed by atoms with Crippen LogP contribution in [0.4, 0.5) is 10.5 Å². The van der Waals surface area contributed by atoms with E-state index in [1.807, 2.05) is 44.4 Å². The molecule has 3 unspecified atom stereocenters. The fourth-order valence-corrected chi connectivity index (χ4v) is 4.57. The Labute approximate surface area is 242 Å². The lowest BCUT2D eigenvalue weighted by atomic mass is 9.97. The Bertz CT molecular complexity index is 1150. The van der Waals surface area contributed by atoms with Gasteiger partial charge < -0.3 is 25.0 Å². The lowest BCUT2D eigenvalue weighted by Gasteiger charge is -2.38. The Balaban J connectivity index is 2.57. The summed E-state index contributed by atoms with van der Waals surface area (Å²) < 4.78 is 10.7. The van der Waals surface area contributed by atoms with Crippen LogP contribution in [0, 0.1) is 0 Å². The van der Waals surface area contributed by atoms with Crippen molar-refractivity contribution in [3.05, 3.63) is 66.2 Å². The van der Waals surface area contributed by atoms with E-state index >= 15 is 0 Å². The Morgan fingerprint density at radius 3 is 2.35 bits per heavy atom. The summed E-state index contributed by atoms with van der Waals surface area (Å²) in [6.07, 6.45) is 3.94. The number of hydrogen-bond donors (Lipinski definition) is 2. The van der Waals surface area contributed by atoms with Crippen molar-refractivity contribution in [1.82, 2.24) is 10.2 Å². The molecule has 9 heteroatoms. The van der Waals surface area contributed by atoms with Crippen molar-refractivity contribution in [1.29, 1.82) is 0 Å². The quantitative estimate of drug-likeness (QED) is 0.294. The Morgan fingerprint density at radius 2 is 1.80 bits per heavy atom. The van der Waals surface area contributed by atoms with E-state index in [2.05, 4.69) is 17.2 Å². The summed E-state index contributed by atoms with van der Waals surface area (Å²) in [5.41, 5.74) is 1.30. The third-order valence-electron chi connectivity index (χ3n) is 6.27. The molecule has 3 atom stereocenters. The van der Waals surface area contributed by atoms with Crippen LogP contribution in [0.5, 0.6) is 5.75 Å². The highest BCUT2D eigenvalue weighted by Crippen LogP contribution is 2.29. The van der Waals surface area contributed by atoms with Crippen molar-refractivity contribution in [2.24, 2.45) is 0 Å². The molecule has 0 aliphatic carbocycles. The summed E-state index contributed by atoms with van der Waals surface area (Å²) in [5.74, 6) is 0.568. The lowest BCUT2D eigenvalue weighted by molar-refractivity contribution is -0.143. The number of nitrogens with zero attached hydrogens (tertiary/aromatic N) is 1. The van der Waals surface area contributed by atoms with Crippen LogP contribution in [0.2, 0.25) is 0 Å². The average Bonchev–Trinajstić information content (AvgIpc) is 2.92. The van der Waals surface area contributed by atoms with Crippen LogP contribution < -0.4 is 15.4 Å². The number of methoxy groups -OCH3 is 1. The van der Waals surface area contributed by atoms with Crippen LogP contribution in [0.1, 0.15) is 64.6 Å². The topological polar surface area (TPSA) is 97.0 Å². The smallest absolute Gasteiger partial charge is 0.408 e. The van der Waals surface area contributed by atoms with Crippen molar-refractivity contribution in [3.8, 4) is 5.75 Å². The fourth-order valence-electron chi connectivity index (χ4n) is 4.10. The molecule has 0 aromatic heterocycles. The number of anilines is 1. The van der Waals surface area contributed by atoms with Gasteiger partial charge >= 0.3 is 6.09 Å². The summed E-state index contributed by atoms with van der Waals surface area (Å²) in [6.45, 7) is 13.0. The standard InChI is InChI=1S/C31H43N3O5S/c1-9-21(3)34(29(36)26(18-19-40-8)33-30(37)39-31(4,5)6)27(23-13-11-12-22(10-2)20-23)28(35)32-24-14-16-25(38-7)17-15-24/h10-17,20-21,26-27H,2,9,18-19H2,1,3-8H3,(H,32,35)(H,33,37). The molecule has 0 fully saturated rings. The Hall–Kier alpha value is -3.46. The van der Waals surface area contributed by atoms with Crippen LogP contribution >= 0.6 is 11.8 Å². The molecule has 0 saturated carbocycles. The van der Waals surface area contributed by atoms with Gasteiger partial charge in [-0.25, -0.2) is 4.79 Å². The molecule has 2 aromatic rings. The number of carbonyl (C=O) groups excluding carboxylic acids is 3. The van der Waals surface area contributed by atoms with Gasteiger partial charge in [-0.3, -0.25) is 9.59 Å². The van der Waals surface area contributed by atoms with E-state index in [4.69, 9.17) is 9.47 Å². The Kier molecular flexibility index (Phi) is 12.6. The molecule has 0 radical (unpaired) electrons. The van der Waals surface area contributed by atoms with Gasteiger partial charge in [0.25, 0.3) is 5.91 Å². The Morgan fingerprint density at radius 1 is 1.12 bits per heavy atom. The normalized spacial score (nSPS) is 13.4. The van der Waals surface area contributed by atoms with Crippen LogP contribution in [0.3, 0.4) is 0 Å². The number of alkyl carbamates (subject to hydrolysis) is 1. The zero-order valence-electron chi connectivity index (χ0n) is 24.7. The van der Waals surface area contributed by atoms with Gasteiger partial charge in [-0.15, -0.1) is 0 Å². The van der Waals surface area contributed by atoms with Crippen molar-refractivity contribution >= 4 is 41.4 Å². The van der Waals surface area contributed by atoms with Crippen molar-refractivity contribution in [2.45, 2.75) is 71.2 Å². The van der Waals surface area contributed by atoms with Gasteiger partial charge in [0.15, 0.2) is 0 Å². The minimum atomic E-state index is -0.971. The molecule has 0 aliphatic rings. The van der Waals surface area contributed by atoms with Gasteiger partial charge in [-0.2, -0.15) is 11.8 Å². The molecule has 0 bridgehead atoms. The molecule has 40 heavy (non-hydrogen) atoms. The molecule has 2 rings (SSSR count). The van der Waals surface area contributed by atoms with Crippen LogP contribution in [-0.4, -0.2) is 59.6 Å². The van der Waals surface area contributed by atoms with Crippen LogP contribution in [0.25, 0.3) is 6.08 Å². The van der Waals surface area contributed by atoms with E-state index in [1.165, 1.54) is 0 Å². The number of hydrogen-bond acceptors (Lipinski definition) is 6. The average molecular weight is 570 g/mol. The molecule has 0 aliphatic heterocycles. The first-order valence-corrected chi connectivity index (χ1v) is 14.8. The van der Waals surface area contributed by atoms with Gasteiger partial charge in [0.1, 0.15) is 23.4 Å². The summed E-state index contributed by atoms with van der Waals surface area (Å²) in [4.78, 5) is 42.6. The van der Waals surface area contributed by atoms with Gasteiger partial charge in [-0.05, 0) is 94.0 Å². The van der Waals surface area contributed by atoms with E-state index in [1.54, 1.807) is 74.9 Å². The zero-order chi connectivity index (χ0) is 29.9. The minimum Gasteiger partial charge on any atom is -0.497 e. The number of carbonyl (C=O) groups is 3. The second kappa shape index (κ2) is 15.4. The van der Waals surface area contributed by atoms with E-state index < -0.39 is 23.8 Å².